The van der Waals surface area contributed by atoms with Crippen molar-refractivity contribution in [3.63, 3.8) is 0 Å². The number of nitrogens with zero attached hydrogens (tertiary/aromatic N) is 3. The molecule has 0 saturated heterocycles. The number of aryl methyl sites for hydroxylation is 1. The number of fused-ring (bicyclic) bond motifs is 1. The number of thiazole rings is 1. The summed E-state index contributed by atoms with van der Waals surface area (Å²) in [6, 6.07) is 19.4. The number of hydrogen-bond donors (Lipinski definition) is 0. The van der Waals surface area contributed by atoms with Gasteiger partial charge in [-0.05, 0) is 97.8 Å². The zero-order chi connectivity index (χ0) is 26.3. The smallest absolute Gasteiger partial charge is 0.338 e. The Bertz CT molecular complexity index is 1710. The standard InChI is InChI=1S/C29H26IN3O3S/c1-5-36-28(35)25-18(3)31-29-33(26(25)20-9-7-6-8-10-20)27(34)24(37-29)16-21-15-17(2)32(19(21)4)23-13-11-22(30)12-14-23/h6-16,26H,5H2,1-4H3/b24-16-/t26-/m0/s1. The normalized spacial score (nSPS) is 15.5. The molecule has 1 aliphatic rings. The summed E-state index contributed by atoms with van der Waals surface area (Å²) in [5, 5.41) is 0. The molecule has 1 atom stereocenters. The molecule has 0 fully saturated rings. The second-order valence-electron chi connectivity index (χ2n) is 8.85. The topological polar surface area (TPSA) is 65.6 Å². The predicted molar refractivity (Wildman–Crippen MR) is 155 cm³/mol. The van der Waals surface area contributed by atoms with Crippen LogP contribution < -0.4 is 14.9 Å². The number of aromatic nitrogens is 2. The van der Waals surface area contributed by atoms with Crippen LogP contribution in [0.1, 0.15) is 42.4 Å². The summed E-state index contributed by atoms with van der Waals surface area (Å²) < 4.78 is 10.9. The Hall–Kier alpha value is -3.24. The number of halogens is 1. The predicted octanol–water partition coefficient (Wildman–Crippen LogP) is 4.81. The zero-order valence-corrected chi connectivity index (χ0v) is 24.0. The number of carbonyl (C=O) groups excluding carboxylic acids is 1. The maximum absolute atomic E-state index is 13.8. The van der Waals surface area contributed by atoms with Crippen LogP contribution in [-0.4, -0.2) is 21.7 Å². The third-order valence-corrected chi connectivity index (χ3v) is 8.18. The number of hydrogen-bond acceptors (Lipinski definition) is 5. The van der Waals surface area contributed by atoms with Crippen LogP contribution in [0.15, 0.2) is 81.7 Å². The van der Waals surface area contributed by atoms with E-state index in [0.717, 1.165) is 28.2 Å². The number of rotatable bonds is 5. The third-order valence-electron chi connectivity index (χ3n) is 6.47. The minimum atomic E-state index is -0.599. The second-order valence-corrected chi connectivity index (χ2v) is 11.1. The molecule has 0 saturated carbocycles. The van der Waals surface area contributed by atoms with E-state index >= 15 is 0 Å². The van der Waals surface area contributed by atoms with Gasteiger partial charge in [-0.2, -0.15) is 0 Å². The molecule has 3 heterocycles. The van der Waals surface area contributed by atoms with Gasteiger partial charge in [0.1, 0.15) is 0 Å². The number of benzene rings is 2. The van der Waals surface area contributed by atoms with Crippen molar-refractivity contribution in [3.05, 3.63) is 118 Å². The maximum Gasteiger partial charge on any atom is 0.338 e. The third kappa shape index (κ3) is 4.64. The Labute approximate surface area is 232 Å². The summed E-state index contributed by atoms with van der Waals surface area (Å²) in [5.41, 5.74) is 5.80. The van der Waals surface area contributed by atoms with E-state index in [1.165, 1.54) is 14.9 Å². The molecular weight excluding hydrogens is 597 g/mol. The van der Waals surface area contributed by atoms with E-state index in [1.54, 1.807) is 18.4 Å². The fourth-order valence-electron chi connectivity index (χ4n) is 4.80. The van der Waals surface area contributed by atoms with Gasteiger partial charge in [-0.25, -0.2) is 9.79 Å². The van der Waals surface area contributed by atoms with Gasteiger partial charge in [0.05, 0.1) is 28.5 Å². The highest BCUT2D eigenvalue weighted by molar-refractivity contribution is 14.1. The van der Waals surface area contributed by atoms with Crippen molar-refractivity contribution < 1.29 is 9.53 Å². The summed E-state index contributed by atoms with van der Waals surface area (Å²) in [5.74, 6) is -0.451. The molecule has 0 radical (unpaired) electrons. The monoisotopic (exact) mass is 623 g/mol. The summed E-state index contributed by atoms with van der Waals surface area (Å²) in [4.78, 5) is 32.1. The Morgan fingerprint density at radius 2 is 1.81 bits per heavy atom. The first-order valence-electron chi connectivity index (χ1n) is 12.0. The van der Waals surface area contributed by atoms with Crippen molar-refractivity contribution in [1.29, 1.82) is 0 Å². The lowest BCUT2D eigenvalue weighted by Gasteiger charge is -2.24. The van der Waals surface area contributed by atoms with Gasteiger partial charge in [0.25, 0.3) is 5.56 Å². The first kappa shape index (κ1) is 25.4. The quantitative estimate of drug-likeness (QED) is 0.237. The zero-order valence-electron chi connectivity index (χ0n) is 21.0. The molecule has 5 rings (SSSR count). The molecule has 0 spiro atoms. The molecule has 0 aliphatic carbocycles. The summed E-state index contributed by atoms with van der Waals surface area (Å²) in [6.45, 7) is 7.94. The Kier molecular flexibility index (Phi) is 7.04. The van der Waals surface area contributed by atoms with E-state index in [4.69, 9.17) is 4.74 Å². The molecular formula is C29H26IN3O3S. The van der Waals surface area contributed by atoms with E-state index in [9.17, 15) is 9.59 Å². The average molecular weight is 624 g/mol. The summed E-state index contributed by atoms with van der Waals surface area (Å²) in [6.07, 6.45) is 1.93. The molecule has 0 amide bonds. The molecule has 6 nitrogen and oxygen atoms in total. The van der Waals surface area contributed by atoms with Crippen LogP contribution in [0.5, 0.6) is 0 Å². The van der Waals surface area contributed by atoms with Crippen LogP contribution in [-0.2, 0) is 9.53 Å². The summed E-state index contributed by atoms with van der Waals surface area (Å²) >= 11 is 3.64. The van der Waals surface area contributed by atoms with Gasteiger partial charge in [-0.15, -0.1) is 0 Å². The minimum absolute atomic E-state index is 0.175. The maximum atomic E-state index is 13.8. The average Bonchev–Trinajstić information content (AvgIpc) is 3.33. The number of esters is 1. The van der Waals surface area contributed by atoms with E-state index < -0.39 is 12.0 Å². The van der Waals surface area contributed by atoms with Crippen LogP contribution in [0.2, 0.25) is 0 Å². The van der Waals surface area contributed by atoms with E-state index in [1.807, 2.05) is 36.4 Å². The van der Waals surface area contributed by atoms with Gasteiger partial charge in [0, 0.05) is 20.6 Å². The van der Waals surface area contributed by atoms with E-state index in [0.29, 0.717) is 20.6 Å². The molecule has 37 heavy (non-hydrogen) atoms. The van der Waals surface area contributed by atoms with E-state index in [-0.39, 0.29) is 12.2 Å². The SMILES string of the molecule is CCOC(=O)C1=C(C)N=c2s/c(=C\c3cc(C)n(-c4ccc(I)cc4)c3C)c(=O)n2[C@H]1c1ccccc1. The molecule has 0 N–H and O–H groups in total. The molecule has 4 aromatic rings. The van der Waals surface area contributed by atoms with Crippen molar-refractivity contribution >= 4 is 46.0 Å². The van der Waals surface area contributed by atoms with Crippen LogP contribution in [0, 0.1) is 17.4 Å². The van der Waals surface area contributed by atoms with Gasteiger partial charge in [0.2, 0.25) is 0 Å². The molecule has 1 aliphatic heterocycles. The number of allylic oxidation sites excluding steroid dienone is 1. The Morgan fingerprint density at radius 3 is 2.49 bits per heavy atom. The number of carbonyl (C=O) groups is 1. The summed E-state index contributed by atoms with van der Waals surface area (Å²) in [7, 11) is 0. The van der Waals surface area contributed by atoms with Gasteiger partial charge in [-0.1, -0.05) is 41.7 Å². The molecule has 8 heteroatoms. The molecule has 0 unspecified atom stereocenters. The van der Waals surface area contributed by atoms with Gasteiger partial charge >= 0.3 is 5.97 Å². The molecule has 188 valence electrons. The second kappa shape index (κ2) is 10.3. The minimum Gasteiger partial charge on any atom is -0.463 e. The lowest BCUT2D eigenvalue weighted by Crippen LogP contribution is -2.39. The fourth-order valence-corrected chi connectivity index (χ4v) is 6.20. The van der Waals surface area contributed by atoms with Crippen LogP contribution in [0.4, 0.5) is 0 Å². The number of ether oxygens (including phenoxy) is 1. The van der Waals surface area contributed by atoms with Crippen molar-refractivity contribution in [3.8, 4) is 5.69 Å². The largest absolute Gasteiger partial charge is 0.463 e. The van der Waals surface area contributed by atoms with Crippen molar-refractivity contribution in [2.45, 2.75) is 33.7 Å². The first-order valence-corrected chi connectivity index (χ1v) is 13.9. The van der Waals surface area contributed by atoms with Crippen molar-refractivity contribution in [2.24, 2.45) is 4.99 Å². The Morgan fingerprint density at radius 1 is 1.11 bits per heavy atom. The molecule has 0 bridgehead atoms. The molecule has 2 aromatic heterocycles. The highest BCUT2D eigenvalue weighted by Crippen LogP contribution is 2.30. The van der Waals surface area contributed by atoms with Crippen LogP contribution in [0.25, 0.3) is 11.8 Å². The highest BCUT2D eigenvalue weighted by atomic mass is 127. The van der Waals surface area contributed by atoms with Gasteiger partial charge < -0.3 is 9.30 Å². The molecule has 2 aromatic carbocycles. The lowest BCUT2D eigenvalue weighted by molar-refractivity contribution is -0.139. The Balaban J connectivity index is 1.68. The highest BCUT2D eigenvalue weighted by Gasteiger charge is 2.33. The van der Waals surface area contributed by atoms with Crippen molar-refractivity contribution in [1.82, 2.24) is 9.13 Å². The van der Waals surface area contributed by atoms with Crippen LogP contribution in [0.3, 0.4) is 0 Å². The lowest BCUT2D eigenvalue weighted by atomic mass is 9.96. The van der Waals surface area contributed by atoms with E-state index in [2.05, 4.69) is 76.3 Å². The van der Waals surface area contributed by atoms with Gasteiger partial charge in [0.15, 0.2) is 4.80 Å². The van der Waals surface area contributed by atoms with Crippen molar-refractivity contribution in [2.75, 3.05) is 6.61 Å². The fraction of sp³-hybridized carbons (Fsp3) is 0.207. The van der Waals surface area contributed by atoms with Gasteiger partial charge in [-0.3, -0.25) is 9.36 Å². The van der Waals surface area contributed by atoms with Crippen LogP contribution >= 0.6 is 33.9 Å². The first-order chi connectivity index (χ1) is 17.8.